The Morgan fingerprint density at radius 3 is 2.74 bits per heavy atom. The van der Waals surface area contributed by atoms with E-state index in [2.05, 4.69) is 15.3 Å². The number of rotatable bonds is 5. The van der Waals surface area contributed by atoms with Gasteiger partial charge in [-0.05, 0) is 12.1 Å². The number of hydrogen-bond acceptors (Lipinski definition) is 6. The van der Waals surface area contributed by atoms with Gasteiger partial charge >= 0.3 is 0 Å². The molecule has 0 spiro atoms. The number of anilines is 1. The van der Waals surface area contributed by atoms with Crippen molar-refractivity contribution in [3.8, 4) is 0 Å². The second-order valence-electron chi connectivity index (χ2n) is 4.83. The number of benzene rings is 1. The molecule has 0 aliphatic rings. The minimum Gasteiger partial charge on any atom is -0.363 e. The number of nitro benzene ring substituents is 1. The minimum atomic E-state index is -0.575. The van der Waals surface area contributed by atoms with Crippen molar-refractivity contribution in [2.24, 2.45) is 0 Å². The number of hydrogen-bond donors (Lipinski definition) is 1. The van der Waals surface area contributed by atoms with Crippen LogP contribution < -0.4 is 10.2 Å². The number of nitrogens with zero attached hydrogens (tertiary/aromatic N) is 4. The van der Waals surface area contributed by atoms with E-state index in [4.69, 9.17) is 11.6 Å². The minimum absolute atomic E-state index is 0.0136. The molecule has 1 heterocycles. The van der Waals surface area contributed by atoms with Crippen LogP contribution in [0, 0.1) is 10.1 Å². The van der Waals surface area contributed by atoms with E-state index in [0.29, 0.717) is 5.82 Å². The first kappa shape index (κ1) is 16.6. The lowest BCUT2D eigenvalue weighted by Crippen LogP contribution is -2.24. The molecule has 0 saturated heterocycles. The fraction of sp³-hybridized carbons (Fsp3) is 0.214. The van der Waals surface area contributed by atoms with Gasteiger partial charge in [0, 0.05) is 32.4 Å². The molecule has 120 valence electrons. The van der Waals surface area contributed by atoms with Gasteiger partial charge in [-0.2, -0.15) is 0 Å². The fourth-order valence-electron chi connectivity index (χ4n) is 1.78. The van der Waals surface area contributed by atoms with Gasteiger partial charge in [-0.1, -0.05) is 11.6 Å². The number of nitro groups is 1. The molecule has 1 amide bonds. The summed E-state index contributed by atoms with van der Waals surface area (Å²) in [6, 6.07) is 5.43. The number of carbonyl (C=O) groups excluding carboxylic acids is 1. The van der Waals surface area contributed by atoms with Crippen molar-refractivity contribution in [3.63, 3.8) is 0 Å². The van der Waals surface area contributed by atoms with Gasteiger partial charge in [0.1, 0.15) is 11.6 Å². The monoisotopic (exact) mass is 335 g/mol. The Kier molecular flexibility index (Phi) is 5.07. The van der Waals surface area contributed by atoms with Gasteiger partial charge in [0.25, 0.3) is 11.6 Å². The number of non-ortho nitro benzene ring substituents is 1. The molecule has 1 aromatic carbocycles. The highest BCUT2D eigenvalue weighted by Gasteiger charge is 2.15. The molecule has 1 aromatic heterocycles. The lowest BCUT2D eigenvalue weighted by Gasteiger charge is -2.12. The lowest BCUT2D eigenvalue weighted by atomic mass is 10.2. The maximum atomic E-state index is 12.1. The van der Waals surface area contributed by atoms with Crippen molar-refractivity contribution in [2.75, 3.05) is 19.0 Å². The number of nitrogens with one attached hydrogen (secondary N) is 1. The Balaban J connectivity index is 2.08. The topological polar surface area (TPSA) is 101 Å². The molecule has 0 radical (unpaired) electrons. The van der Waals surface area contributed by atoms with Crippen LogP contribution in [0.2, 0.25) is 5.02 Å². The normalized spacial score (nSPS) is 10.2. The van der Waals surface area contributed by atoms with E-state index in [1.807, 2.05) is 19.0 Å². The smallest absolute Gasteiger partial charge is 0.270 e. The summed E-state index contributed by atoms with van der Waals surface area (Å²) in [5, 5.41) is 13.3. The van der Waals surface area contributed by atoms with Crippen LogP contribution in [0.25, 0.3) is 0 Å². The van der Waals surface area contributed by atoms with Crippen LogP contribution in [0.3, 0.4) is 0 Å². The summed E-state index contributed by atoms with van der Waals surface area (Å²) >= 11 is 5.91. The van der Waals surface area contributed by atoms with Gasteiger partial charge in [0.05, 0.1) is 22.1 Å². The molecule has 9 heteroatoms. The summed E-state index contributed by atoms with van der Waals surface area (Å²) in [5.41, 5.74) is -0.0189. The van der Waals surface area contributed by atoms with Crippen molar-refractivity contribution >= 4 is 29.0 Å². The molecule has 23 heavy (non-hydrogen) atoms. The van der Waals surface area contributed by atoms with Crippen molar-refractivity contribution in [1.29, 1.82) is 0 Å². The van der Waals surface area contributed by atoms with Crippen LogP contribution in [0.1, 0.15) is 16.2 Å². The summed E-state index contributed by atoms with van der Waals surface area (Å²) in [6.07, 6.45) is 1.60. The first-order valence-electron chi connectivity index (χ1n) is 6.60. The predicted octanol–water partition coefficient (Wildman–Crippen LogP) is 2.03. The second kappa shape index (κ2) is 7.01. The van der Waals surface area contributed by atoms with Crippen LogP contribution in [-0.4, -0.2) is 34.9 Å². The Morgan fingerprint density at radius 1 is 1.39 bits per heavy atom. The summed E-state index contributed by atoms with van der Waals surface area (Å²) in [7, 11) is 3.70. The molecule has 0 bridgehead atoms. The van der Waals surface area contributed by atoms with E-state index >= 15 is 0 Å². The van der Waals surface area contributed by atoms with Gasteiger partial charge < -0.3 is 10.2 Å². The van der Waals surface area contributed by atoms with Gasteiger partial charge in [-0.3, -0.25) is 14.9 Å². The summed E-state index contributed by atoms with van der Waals surface area (Å²) in [4.78, 5) is 32.4. The molecule has 0 unspecified atom stereocenters. The first-order chi connectivity index (χ1) is 10.9. The van der Waals surface area contributed by atoms with Crippen LogP contribution in [0.5, 0.6) is 0 Å². The molecular formula is C14H14ClN5O3. The van der Waals surface area contributed by atoms with Crippen LogP contribution in [-0.2, 0) is 6.54 Å². The molecule has 0 atom stereocenters. The third kappa shape index (κ3) is 4.13. The highest BCUT2D eigenvalue weighted by molar-refractivity contribution is 6.34. The van der Waals surface area contributed by atoms with Crippen molar-refractivity contribution in [2.45, 2.75) is 6.54 Å². The number of halogens is 1. The average Bonchev–Trinajstić information content (AvgIpc) is 2.52. The van der Waals surface area contributed by atoms with E-state index in [-0.39, 0.29) is 22.8 Å². The highest BCUT2D eigenvalue weighted by Crippen LogP contribution is 2.22. The summed E-state index contributed by atoms with van der Waals surface area (Å²) < 4.78 is 0. The van der Waals surface area contributed by atoms with E-state index in [1.54, 1.807) is 12.3 Å². The Morgan fingerprint density at radius 2 is 2.13 bits per heavy atom. The standard InChI is InChI=1S/C14H14ClN5O3/c1-19(2)13-5-6-16-12(18-13)8-17-14(21)10-4-3-9(20(22)23)7-11(10)15/h3-7H,8H2,1-2H3,(H,17,21). The highest BCUT2D eigenvalue weighted by atomic mass is 35.5. The SMILES string of the molecule is CN(C)c1ccnc(CNC(=O)c2ccc([N+](=O)[O-])cc2Cl)n1. The molecule has 2 aromatic rings. The molecular weight excluding hydrogens is 322 g/mol. The third-order valence-electron chi connectivity index (χ3n) is 2.96. The maximum Gasteiger partial charge on any atom is 0.270 e. The molecule has 0 aliphatic heterocycles. The average molecular weight is 336 g/mol. The van der Waals surface area contributed by atoms with Crippen molar-refractivity contribution in [3.05, 3.63) is 57.0 Å². The van der Waals surface area contributed by atoms with Crippen LogP contribution >= 0.6 is 11.6 Å². The van der Waals surface area contributed by atoms with Crippen molar-refractivity contribution in [1.82, 2.24) is 15.3 Å². The van der Waals surface area contributed by atoms with Gasteiger partial charge in [-0.25, -0.2) is 9.97 Å². The summed E-state index contributed by atoms with van der Waals surface area (Å²) in [5.74, 6) is 0.712. The number of amides is 1. The fourth-order valence-corrected chi connectivity index (χ4v) is 2.04. The van der Waals surface area contributed by atoms with Crippen molar-refractivity contribution < 1.29 is 9.72 Å². The molecule has 0 saturated carbocycles. The molecule has 8 nitrogen and oxygen atoms in total. The molecule has 1 N–H and O–H groups in total. The van der Waals surface area contributed by atoms with E-state index in [0.717, 1.165) is 11.9 Å². The van der Waals surface area contributed by atoms with Crippen LogP contribution in [0.15, 0.2) is 30.5 Å². The Bertz CT molecular complexity index is 751. The first-order valence-corrected chi connectivity index (χ1v) is 6.97. The van der Waals surface area contributed by atoms with Gasteiger partial charge in [-0.15, -0.1) is 0 Å². The lowest BCUT2D eigenvalue weighted by molar-refractivity contribution is -0.384. The zero-order valence-corrected chi connectivity index (χ0v) is 13.2. The van der Waals surface area contributed by atoms with Crippen LogP contribution in [0.4, 0.5) is 11.5 Å². The zero-order chi connectivity index (χ0) is 17.0. The number of carbonyl (C=O) groups is 1. The molecule has 2 rings (SSSR count). The largest absolute Gasteiger partial charge is 0.363 e. The van der Waals surface area contributed by atoms with Gasteiger partial charge in [0.15, 0.2) is 0 Å². The van der Waals surface area contributed by atoms with Gasteiger partial charge in [0.2, 0.25) is 0 Å². The molecule has 0 fully saturated rings. The maximum absolute atomic E-state index is 12.1. The van der Waals surface area contributed by atoms with E-state index in [1.165, 1.54) is 12.1 Å². The number of aromatic nitrogens is 2. The second-order valence-corrected chi connectivity index (χ2v) is 5.24. The quantitative estimate of drug-likeness (QED) is 0.662. The predicted molar refractivity (Wildman–Crippen MR) is 85.6 cm³/mol. The Labute approximate surface area is 137 Å². The zero-order valence-electron chi connectivity index (χ0n) is 12.5. The molecule has 0 aliphatic carbocycles. The third-order valence-corrected chi connectivity index (χ3v) is 3.28. The van der Waals surface area contributed by atoms with E-state index < -0.39 is 10.8 Å². The van der Waals surface area contributed by atoms with E-state index in [9.17, 15) is 14.9 Å². The summed E-state index contributed by atoms with van der Waals surface area (Å²) in [6.45, 7) is 0.119. The Hall–Kier alpha value is -2.74.